The first-order chi connectivity index (χ1) is 65.3. The van der Waals surface area contributed by atoms with Crippen LogP contribution in [0.4, 0.5) is 19.2 Å². The number of methoxy groups -OCH3 is 6. The molecule has 7 amide bonds. The van der Waals surface area contributed by atoms with Gasteiger partial charge in [0, 0.05) is 48.4 Å². The van der Waals surface area contributed by atoms with Crippen molar-refractivity contribution in [2.75, 3.05) is 68.8 Å². The van der Waals surface area contributed by atoms with Crippen LogP contribution < -0.4 is 25.4 Å². The van der Waals surface area contributed by atoms with Crippen LogP contribution in [0.1, 0.15) is 164 Å². The average molecular weight is 1850 g/mol. The molecule has 16 rings (SSSR count). The van der Waals surface area contributed by atoms with Crippen LogP contribution in [0.3, 0.4) is 0 Å². The van der Waals surface area contributed by atoms with Crippen molar-refractivity contribution < 1.29 is 81.4 Å². The van der Waals surface area contributed by atoms with Gasteiger partial charge in [0.25, 0.3) is 5.91 Å². The summed E-state index contributed by atoms with van der Waals surface area (Å²) in [5.41, 5.74) is 13.9. The average Bonchev–Trinajstić information content (AvgIpc) is 1.57. The van der Waals surface area contributed by atoms with Crippen molar-refractivity contribution in [2.45, 2.75) is 147 Å². The fraction of sp³-hybridized carbons (Fsp3) is 0.337. The number of carboxylic acids is 1. The fourth-order valence-corrected chi connectivity index (χ4v) is 17.7. The molecule has 8 atom stereocenters. The highest BCUT2D eigenvalue weighted by molar-refractivity contribution is 5.94. The van der Waals surface area contributed by atoms with E-state index in [4.69, 9.17) is 48.5 Å². The number of esters is 1. The van der Waals surface area contributed by atoms with E-state index in [2.05, 4.69) is 180 Å². The predicted octanol–water partition coefficient (Wildman–Crippen LogP) is 18.3. The van der Waals surface area contributed by atoms with E-state index in [1.807, 2.05) is 60.7 Å². The van der Waals surface area contributed by atoms with Crippen LogP contribution in [0.2, 0.25) is 0 Å². The Morgan fingerprint density at radius 1 is 0.426 bits per heavy atom. The van der Waals surface area contributed by atoms with Crippen molar-refractivity contribution in [1.29, 1.82) is 0 Å². The molecular formula is C104H115N15O17. The van der Waals surface area contributed by atoms with E-state index in [0.29, 0.717) is 79.1 Å². The molecule has 32 heteroatoms. The molecule has 12 aromatic rings. The highest BCUT2D eigenvalue weighted by Gasteiger charge is 2.43. The molecule has 4 aliphatic rings. The van der Waals surface area contributed by atoms with Gasteiger partial charge in [0.2, 0.25) is 11.8 Å². The molecule has 4 aromatic heterocycles. The topological polar surface area (TPSA) is 402 Å². The molecule has 8 N–H and O–H groups in total. The summed E-state index contributed by atoms with van der Waals surface area (Å²) in [7, 11) is 8.03. The molecular weight excluding hydrogens is 1730 g/mol. The lowest BCUT2D eigenvalue weighted by Gasteiger charge is -2.29. The van der Waals surface area contributed by atoms with Gasteiger partial charge in [-0.3, -0.25) is 28.9 Å². The Morgan fingerprint density at radius 2 is 0.779 bits per heavy atom. The van der Waals surface area contributed by atoms with Gasteiger partial charge in [0.1, 0.15) is 58.5 Å². The van der Waals surface area contributed by atoms with E-state index < -0.39 is 59.9 Å². The number of para-hydroxylation sites is 2. The number of aromatic nitrogens is 8. The van der Waals surface area contributed by atoms with Crippen LogP contribution in [-0.4, -0.2) is 205 Å². The summed E-state index contributed by atoms with van der Waals surface area (Å²) in [5.74, 6) is 0.146. The molecule has 136 heavy (non-hydrogen) atoms. The van der Waals surface area contributed by atoms with Crippen molar-refractivity contribution in [3.05, 3.63) is 253 Å². The Kier molecular flexibility index (Phi) is 30.3. The van der Waals surface area contributed by atoms with E-state index in [-0.39, 0.29) is 66.2 Å². The van der Waals surface area contributed by atoms with Crippen LogP contribution in [-0.2, 0) is 47.7 Å². The molecule has 8 aromatic carbocycles. The lowest BCUT2D eigenvalue weighted by Crippen LogP contribution is -2.51. The summed E-state index contributed by atoms with van der Waals surface area (Å²) in [4.78, 5) is 153. The predicted molar refractivity (Wildman–Crippen MR) is 514 cm³/mol. The Bertz CT molecular complexity index is 6410. The second-order valence-electron chi connectivity index (χ2n) is 35.8. The first-order valence-corrected chi connectivity index (χ1v) is 45.2. The Labute approximate surface area is 788 Å². The van der Waals surface area contributed by atoms with E-state index >= 15 is 0 Å². The molecule has 708 valence electrons. The third kappa shape index (κ3) is 22.2. The molecule has 0 unspecified atom stereocenters. The number of benzene rings is 8. The van der Waals surface area contributed by atoms with Gasteiger partial charge in [0.05, 0.1) is 127 Å². The summed E-state index contributed by atoms with van der Waals surface area (Å²) in [6.45, 7) is 23.4. The van der Waals surface area contributed by atoms with Gasteiger partial charge in [-0.15, -0.1) is 0 Å². The number of aliphatic carboxylic acids is 1. The Morgan fingerprint density at radius 3 is 1.18 bits per heavy atom. The highest BCUT2D eigenvalue weighted by Crippen LogP contribution is 2.43. The monoisotopic (exact) mass is 1850 g/mol. The maximum Gasteiger partial charge on any atom is 0.410 e. The molecule has 8 heterocycles. The normalized spacial score (nSPS) is 16.7. The second kappa shape index (κ2) is 42.7. The number of hydrogen-bond acceptors (Lipinski definition) is 20. The quantitative estimate of drug-likeness (QED) is 0.0150. The van der Waals surface area contributed by atoms with E-state index in [1.165, 1.54) is 42.7 Å². The number of aromatic amines is 4. The summed E-state index contributed by atoms with van der Waals surface area (Å²) >= 11 is 0. The van der Waals surface area contributed by atoms with Crippen LogP contribution in [0.5, 0.6) is 11.5 Å². The van der Waals surface area contributed by atoms with Crippen LogP contribution in [0.15, 0.2) is 219 Å². The first-order valence-electron chi connectivity index (χ1n) is 45.2. The smallest absolute Gasteiger partial charge is 0.410 e. The zero-order valence-corrected chi connectivity index (χ0v) is 78.5. The van der Waals surface area contributed by atoms with Gasteiger partial charge in [-0.25, -0.2) is 39.1 Å². The molecule has 4 saturated heterocycles. The first kappa shape index (κ1) is 96.7. The van der Waals surface area contributed by atoms with Gasteiger partial charge in [0.15, 0.2) is 0 Å². The summed E-state index contributed by atoms with van der Waals surface area (Å²) < 4.78 is 35.1. The SMILES string of the molecule is C=C1C[C@@H](c2ncc(-c3ccc4cc(-c5ccc(-c6cnc([C@@H]7CCCN7C(=O)OC(C)(C)C)[nH]6)cc5)ccc4c3)[nH]2)N(C(=O)[C@@H](NC(=O)OC)C(C)C)C1.C=C1C[C@@H](c2ncc(-c3ccc4cc(-c5ccc(-c6cnc([C@@H]7CCCN7C(=O)[C@H](NC(=O)OC)c7ccccc7OC)[nH]6)cc5)ccc4c3)[nH]2)N(C(=O)[C@@H](NC(=O)OC)C(C)C)C1.COC(=O)C[C@@H](C(=O)O)c1ccccc1OC. The van der Waals surface area contributed by atoms with E-state index in [9.17, 15) is 43.2 Å². The molecule has 0 radical (unpaired) electrons. The van der Waals surface area contributed by atoms with Crippen LogP contribution >= 0.6 is 0 Å². The van der Waals surface area contributed by atoms with Gasteiger partial charge < -0.3 is 88.9 Å². The minimum absolute atomic E-state index is 0.133. The Balaban J connectivity index is 0.000000187. The number of likely N-dealkylation sites (tertiary alicyclic amines) is 4. The number of fused-ring (bicyclic) bond motifs is 2. The lowest BCUT2D eigenvalue weighted by molar-refractivity contribution is -0.147. The van der Waals surface area contributed by atoms with Crippen molar-refractivity contribution in [1.82, 2.24) is 75.4 Å². The largest absolute Gasteiger partial charge is 0.496 e. The molecule has 0 bridgehead atoms. The standard InChI is InChI=1S/C49H52N8O7.C43H49N7O5.C12H14O5/c1-28(2)42(54-48(60)63-5)46(58)57-27-29(3)22-40(57)45-51-26-38(53-45)35-20-19-33-23-32(17-18-34(33)24-35)30-13-15-31(16-14-30)37-25-50-44(52-37)39-11-9-21-56(39)47(59)43(55-49(61)64-6)36-10-7-8-12-41(36)62-4;1-25(2)37(48-41(52)54-7)40(51)50-24-26(3)19-36(50)39-45-23-34(47-39)32-17-16-30-20-29(14-15-31(30)21-32)27-10-12-28(13-11-27)33-22-44-38(46-33)35-9-8-18-49(35)42(53)55-43(4,5)6;1-16-10-6-4-3-5-8(10)9(12(14)15)7-11(13)17-2/h7-8,10,12-20,23-26,28,39-40,42-43H,3,9,11,21-22,27H2,1-2,4-6H3,(H,50,52)(H,51,53)(H,54,60)(H,55,61);10-17,20-23,25,35-37H,3,8-9,18-19,24H2,1-2,4-7H3,(H,44,46)(H,45,47)(H,48,52);3-6,9H,7H2,1-2H3,(H,14,15)/t39-,40-,42-,43+;35-,36-,37-;9-/m001/s1. The number of rotatable bonds is 25. The number of amides is 7. The Hall–Kier alpha value is -15.4. The summed E-state index contributed by atoms with van der Waals surface area (Å²) in [6, 6.07) is 52.3. The molecule has 4 aliphatic heterocycles. The number of carbonyl (C=O) groups excluding carboxylic acids is 8. The lowest BCUT2D eigenvalue weighted by atomic mass is 9.95. The third-order valence-corrected chi connectivity index (χ3v) is 24.8. The van der Waals surface area contributed by atoms with E-state index in [0.717, 1.165) is 131 Å². The van der Waals surface area contributed by atoms with E-state index in [1.54, 1.807) is 80.7 Å². The number of nitrogens with zero attached hydrogens (tertiary/aromatic N) is 8. The fourth-order valence-electron chi connectivity index (χ4n) is 17.7. The number of carbonyl (C=O) groups is 9. The van der Waals surface area contributed by atoms with Crippen LogP contribution in [0, 0.1) is 11.8 Å². The number of imidazole rings is 4. The maximum atomic E-state index is 14.1. The van der Waals surface area contributed by atoms with Gasteiger partial charge in [-0.2, -0.15) is 0 Å². The molecule has 0 aliphatic carbocycles. The number of nitrogens with one attached hydrogen (secondary N) is 7. The second-order valence-corrected chi connectivity index (χ2v) is 35.8. The number of carboxylic acid groups (broad SMARTS) is 1. The van der Waals surface area contributed by atoms with Crippen molar-refractivity contribution >= 4 is 75.6 Å². The number of ether oxygens (including phenoxy) is 7. The van der Waals surface area contributed by atoms with Gasteiger partial charge >= 0.3 is 36.3 Å². The molecule has 32 nitrogen and oxygen atoms in total. The van der Waals surface area contributed by atoms with Gasteiger partial charge in [-0.05, 0) is 162 Å². The summed E-state index contributed by atoms with van der Waals surface area (Å²) in [6.07, 6.45) is 9.09. The third-order valence-electron chi connectivity index (χ3n) is 24.8. The van der Waals surface area contributed by atoms with Crippen LogP contribution in [0.25, 0.3) is 88.8 Å². The zero-order valence-electron chi connectivity index (χ0n) is 78.5. The molecule has 4 fully saturated rings. The number of hydrogen-bond donors (Lipinski definition) is 8. The molecule has 0 spiro atoms. The number of H-pyrrole nitrogens is 4. The van der Waals surface area contributed by atoms with Gasteiger partial charge in [-0.1, -0.05) is 185 Å². The minimum Gasteiger partial charge on any atom is -0.496 e. The zero-order chi connectivity index (χ0) is 96.9. The van der Waals surface area contributed by atoms with Crippen molar-refractivity contribution in [2.24, 2.45) is 11.8 Å². The summed E-state index contributed by atoms with van der Waals surface area (Å²) in [5, 5.41) is 21.6. The maximum absolute atomic E-state index is 14.1. The van der Waals surface area contributed by atoms with Crippen molar-refractivity contribution in [3.8, 4) is 78.8 Å². The number of alkyl carbamates (subject to hydrolysis) is 3. The minimum atomic E-state index is -1.08. The van der Waals surface area contributed by atoms with Crippen molar-refractivity contribution in [3.63, 3.8) is 0 Å². The molecule has 0 saturated carbocycles. The highest BCUT2D eigenvalue weighted by atomic mass is 16.6.